The van der Waals surface area contributed by atoms with E-state index in [1.165, 1.54) is 23.5 Å². The van der Waals surface area contributed by atoms with Crippen LogP contribution in [0.15, 0.2) is 37.1 Å². The molecule has 1 fully saturated rings. The van der Waals surface area contributed by atoms with Gasteiger partial charge in [-0.15, -0.1) is 0 Å². The summed E-state index contributed by atoms with van der Waals surface area (Å²) in [6, 6.07) is 4.29. The monoisotopic (exact) mass is 510 g/mol. The number of nitrogens with two attached hydrogens (primary N) is 1. The van der Waals surface area contributed by atoms with Gasteiger partial charge in [-0.1, -0.05) is 29.5 Å². The van der Waals surface area contributed by atoms with E-state index >= 15 is 8.78 Å². The summed E-state index contributed by atoms with van der Waals surface area (Å²) in [4.78, 5) is 22.1. The van der Waals surface area contributed by atoms with E-state index in [1.807, 2.05) is 6.92 Å². The van der Waals surface area contributed by atoms with Crippen LogP contribution in [-0.2, 0) is 4.79 Å². The molecular weight excluding hydrogens is 494 g/mol. The normalized spacial score (nSPS) is 14.2. The van der Waals surface area contributed by atoms with Gasteiger partial charge in [0.25, 0.3) is 0 Å². The first-order chi connectivity index (χ1) is 16.8. The lowest BCUT2D eigenvalue weighted by atomic mass is 9.99. The van der Waals surface area contributed by atoms with Crippen LogP contribution in [0.1, 0.15) is 11.7 Å². The highest BCUT2D eigenvalue weighted by Gasteiger charge is 2.33. The Hall–Kier alpha value is -3.63. The number of aromatic nitrogens is 4. The molecule has 2 aromatic carbocycles. The summed E-state index contributed by atoms with van der Waals surface area (Å²) < 4.78 is 33.5. The number of rotatable bonds is 3. The number of nitrogen functional groups attached to an aromatic ring is 1. The van der Waals surface area contributed by atoms with Crippen molar-refractivity contribution >= 4 is 66.0 Å². The average molecular weight is 511 g/mol. The van der Waals surface area contributed by atoms with Gasteiger partial charge in [0.15, 0.2) is 10.9 Å². The van der Waals surface area contributed by atoms with Gasteiger partial charge in [0.05, 0.1) is 32.5 Å². The lowest BCUT2D eigenvalue weighted by molar-refractivity contribution is -0.131. The van der Waals surface area contributed by atoms with E-state index < -0.39 is 11.6 Å². The van der Waals surface area contributed by atoms with E-state index in [0.29, 0.717) is 28.7 Å². The Labute approximate surface area is 206 Å². The minimum absolute atomic E-state index is 0.0183. The Kier molecular flexibility index (Phi) is 4.81. The maximum atomic E-state index is 16.0. The van der Waals surface area contributed by atoms with Crippen molar-refractivity contribution in [1.29, 1.82) is 0 Å². The molecule has 0 bridgehead atoms. The molecule has 11 heteroatoms. The molecule has 0 radical (unpaired) electrons. The zero-order valence-corrected chi connectivity index (χ0v) is 19.9. The Morgan fingerprint density at radius 1 is 1.26 bits per heavy atom. The number of likely N-dealkylation sites (tertiary alicyclic amines) is 1. The van der Waals surface area contributed by atoms with Crippen molar-refractivity contribution in [3.63, 3.8) is 0 Å². The molecule has 1 aliphatic rings. The fourth-order valence-corrected chi connectivity index (χ4v) is 5.69. The molecule has 0 saturated carbocycles. The summed E-state index contributed by atoms with van der Waals surface area (Å²) in [7, 11) is 0. The SMILES string of the molecule is C=CC(=O)N1CC(n2nc(C)c3cnc4c(F)c(-c5c(F)ccc6sc(N)nc56)c(Cl)cc4c32)C1. The second-order valence-corrected chi connectivity index (χ2v) is 9.89. The molecule has 2 N–H and O–H groups in total. The fraction of sp³-hybridized carbons (Fsp3) is 0.167. The zero-order valence-electron chi connectivity index (χ0n) is 18.3. The highest BCUT2D eigenvalue weighted by Crippen LogP contribution is 2.43. The Morgan fingerprint density at radius 3 is 2.77 bits per heavy atom. The third-order valence-electron chi connectivity index (χ3n) is 6.37. The van der Waals surface area contributed by atoms with Gasteiger partial charge >= 0.3 is 0 Å². The van der Waals surface area contributed by atoms with Crippen LogP contribution in [0.4, 0.5) is 13.9 Å². The van der Waals surface area contributed by atoms with Crippen molar-refractivity contribution in [1.82, 2.24) is 24.6 Å². The largest absolute Gasteiger partial charge is 0.375 e. The number of fused-ring (bicyclic) bond motifs is 4. The van der Waals surface area contributed by atoms with E-state index in [2.05, 4.69) is 21.6 Å². The lowest BCUT2D eigenvalue weighted by Gasteiger charge is -2.39. The number of hydrogen-bond acceptors (Lipinski definition) is 6. The number of amides is 1. The van der Waals surface area contributed by atoms with Gasteiger partial charge in [0, 0.05) is 41.2 Å². The highest BCUT2D eigenvalue weighted by molar-refractivity contribution is 7.22. The highest BCUT2D eigenvalue weighted by atomic mass is 35.5. The molecule has 1 amide bonds. The van der Waals surface area contributed by atoms with Gasteiger partial charge in [-0.05, 0) is 31.2 Å². The lowest BCUT2D eigenvalue weighted by Crippen LogP contribution is -2.50. The molecule has 0 atom stereocenters. The number of benzene rings is 2. The molecule has 176 valence electrons. The fourth-order valence-electron chi connectivity index (χ4n) is 4.66. The van der Waals surface area contributed by atoms with Gasteiger partial charge in [-0.25, -0.2) is 13.8 Å². The van der Waals surface area contributed by atoms with Gasteiger partial charge in [0.1, 0.15) is 11.3 Å². The first-order valence-electron chi connectivity index (χ1n) is 10.7. The molecule has 6 rings (SSSR count). The molecule has 0 aliphatic carbocycles. The van der Waals surface area contributed by atoms with Crippen LogP contribution in [0.2, 0.25) is 5.02 Å². The summed E-state index contributed by atoms with van der Waals surface area (Å²) >= 11 is 7.79. The van der Waals surface area contributed by atoms with Crippen LogP contribution in [0.5, 0.6) is 0 Å². The third kappa shape index (κ3) is 3.13. The van der Waals surface area contributed by atoms with E-state index in [9.17, 15) is 4.79 Å². The van der Waals surface area contributed by atoms with Gasteiger partial charge < -0.3 is 10.6 Å². The van der Waals surface area contributed by atoms with Crippen molar-refractivity contribution < 1.29 is 13.6 Å². The molecule has 5 aromatic rings. The zero-order chi connectivity index (χ0) is 24.6. The predicted octanol–water partition coefficient (Wildman–Crippen LogP) is 5.25. The number of carbonyl (C=O) groups is 1. The summed E-state index contributed by atoms with van der Waals surface area (Å²) in [6.45, 7) is 6.27. The van der Waals surface area contributed by atoms with Crippen LogP contribution in [-0.4, -0.2) is 43.6 Å². The third-order valence-corrected chi connectivity index (χ3v) is 7.52. The molecule has 3 aromatic heterocycles. The predicted molar refractivity (Wildman–Crippen MR) is 134 cm³/mol. The number of aryl methyl sites for hydroxylation is 1. The Morgan fingerprint density at radius 2 is 2.03 bits per heavy atom. The molecule has 7 nitrogen and oxygen atoms in total. The molecule has 1 aliphatic heterocycles. The number of thiazole rings is 1. The Balaban J connectivity index is 1.59. The topological polar surface area (TPSA) is 89.9 Å². The van der Waals surface area contributed by atoms with E-state index in [-0.39, 0.29) is 44.3 Å². The number of carbonyl (C=O) groups excluding carboxylic acids is 1. The van der Waals surface area contributed by atoms with Gasteiger partial charge in [-0.3, -0.25) is 14.5 Å². The first-order valence-corrected chi connectivity index (χ1v) is 11.9. The minimum Gasteiger partial charge on any atom is -0.375 e. The molecule has 1 saturated heterocycles. The van der Waals surface area contributed by atoms with Crippen LogP contribution >= 0.6 is 22.9 Å². The standard InChI is InChI=1S/C24H17ClF2N6OS/c1-3-17(34)32-8-11(9-32)33-23-12-6-14(25)18(20(27)21(12)29-7-13(23)10(2)31-33)19-15(26)4-5-16-22(19)30-24(28)35-16/h3-7,11H,1,8-9H2,2H3,(H2,28,30). The molecular formula is C24H17ClF2N6OS. The van der Waals surface area contributed by atoms with E-state index in [1.54, 1.807) is 27.9 Å². The molecule has 35 heavy (non-hydrogen) atoms. The van der Waals surface area contributed by atoms with Crippen molar-refractivity contribution in [2.24, 2.45) is 0 Å². The van der Waals surface area contributed by atoms with Crippen molar-refractivity contribution in [3.8, 4) is 11.1 Å². The number of hydrogen-bond donors (Lipinski definition) is 1. The summed E-state index contributed by atoms with van der Waals surface area (Å²) in [5, 5.41) is 6.10. The second-order valence-electron chi connectivity index (χ2n) is 8.42. The Bertz CT molecular complexity index is 1720. The van der Waals surface area contributed by atoms with Crippen LogP contribution in [0.3, 0.4) is 0 Å². The maximum Gasteiger partial charge on any atom is 0.246 e. The van der Waals surface area contributed by atoms with E-state index in [4.69, 9.17) is 17.3 Å². The smallest absolute Gasteiger partial charge is 0.246 e. The van der Waals surface area contributed by atoms with Crippen molar-refractivity contribution in [2.45, 2.75) is 13.0 Å². The average Bonchev–Trinajstić information content (AvgIpc) is 3.33. The number of nitrogens with zero attached hydrogens (tertiary/aromatic N) is 5. The molecule has 0 unspecified atom stereocenters. The maximum absolute atomic E-state index is 16.0. The molecule has 0 spiro atoms. The number of anilines is 1. The summed E-state index contributed by atoms with van der Waals surface area (Å²) in [5.41, 5.74) is 7.32. The van der Waals surface area contributed by atoms with Crippen molar-refractivity contribution in [2.75, 3.05) is 18.8 Å². The minimum atomic E-state index is -0.755. The number of halogens is 3. The first kappa shape index (κ1) is 21.9. The van der Waals surface area contributed by atoms with E-state index in [0.717, 1.165) is 11.1 Å². The summed E-state index contributed by atoms with van der Waals surface area (Å²) in [6.07, 6.45) is 2.83. The quantitative estimate of drug-likeness (QED) is 0.335. The van der Waals surface area contributed by atoms with Crippen LogP contribution in [0.25, 0.3) is 43.1 Å². The van der Waals surface area contributed by atoms with Gasteiger partial charge in [-0.2, -0.15) is 5.10 Å². The van der Waals surface area contributed by atoms with Crippen LogP contribution in [0, 0.1) is 18.6 Å². The molecule has 4 heterocycles. The number of pyridine rings is 1. The summed E-state index contributed by atoms with van der Waals surface area (Å²) in [5.74, 6) is -1.57. The van der Waals surface area contributed by atoms with Crippen LogP contribution < -0.4 is 5.73 Å². The second kappa shape index (κ2) is 7.69. The van der Waals surface area contributed by atoms with Gasteiger partial charge in [0.2, 0.25) is 5.91 Å². The van der Waals surface area contributed by atoms with Crippen molar-refractivity contribution in [3.05, 3.63) is 59.4 Å².